The van der Waals surface area contributed by atoms with Crippen LogP contribution in [0.3, 0.4) is 0 Å². The highest BCUT2D eigenvalue weighted by atomic mass is 19.3. The highest BCUT2D eigenvalue weighted by Crippen LogP contribution is 2.44. The van der Waals surface area contributed by atoms with E-state index in [0.717, 1.165) is 27.8 Å². The lowest BCUT2D eigenvalue weighted by Gasteiger charge is -2.39. The number of nitrogens with one attached hydrogen (secondary N) is 2. The van der Waals surface area contributed by atoms with E-state index in [0.29, 0.717) is 37.0 Å². The summed E-state index contributed by atoms with van der Waals surface area (Å²) in [5.74, 6) is -1.01. The molecule has 2 saturated heterocycles. The minimum absolute atomic E-state index is 0. The molecule has 2 fully saturated rings. The van der Waals surface area contributed by atoms with E-state index in [2.05, 4.69) is 37.9 Å². The van der Waals surface area contributed by atoms with Crippen LogP contribution < -0.4 is 20.1 Å². The second-order valence-corrected chi connectivity index (χ2v) is 9.67. The van der Waals surface area contributed by atoms with Gasteiger partial charge in [-0.15, -0.1) is 5.10 Å². The molecule has 34 heavy (non-hydrogen) atoms. The Bertz CT molecular complexity index is 1280. The number of alkyl halides is 2. The lowest BCUT2D eigenvalue weighted by atomic mass is 9.85. The first-order valence-electron chi connectivity index (χ1n) is 11.4. The van der Waals surface area contributed by atoms with Crippen LogP contribution in [0.1, 0.15) is 33.2 Å². The molecule has 6 rings (SSSR count). The number of piperidine rings is 1. The van der Waals surface area contributed by atoms with Crippen LogP contribution in [-0.2, 0) is 6.61 Å². The number of methoxy groups -OCH3 is 1. The number of anilines is 1. The molecule has 2 N–H and O–H groups in total. The Morgan fingerprint density at radius 2 is 1.97 bits per heavy atom. The number of aromatic nitrogens is 3. The molecule has 7 nitrogen and oxygen atoms in total. The van der Waals surface area contributed by atoms with E-state index in [1.54, 1.807) is 13.3 Å². The predicted octanol–water partition coefficient (Wildman–Crippen LogP) is 4.68. The van der Waals surface area contributed by atoms with Gasteiger partial charge in [0, 0.05) is 36.6 Å². The van der Waals surface area contributed by atoms with E-state index in [9.17, 15) is 8.78 Å². The quantitative estimate of drug-likeness (QED) is 0.577. The third-order valence-electron chi connectivity index (χ3n) is 7.04. The van der Waals surface area contributed by atoms with Crippen LogP contribution in [-0.4, -0.2) is 45.8 Å². The topological polar surface area (TPSA) is 81.2 Å². The molecule has 5 heterocycles. The van der Waals surface area contributed by atoms with Crippen molar-refractivity contribution in [2.24, 2.45) is 0 Å². The van der Waals surface area contributed by atoms with Gasteiger partial charge in [-0.2, -0.15) is 10.1 Å². The first-order chi connectivity index (χ1) is 16.3. The fraction of sp³-hybridized carbons (Fsp3) is 0.400. The third kappa shape index (κ3) is 3.64. The van der Waals surface area contributed by atoms with Gasteiger partial charge < -0.3 is 20.1 Å². The SMILES string of the molecule is COc1cc(-c2ccc3c(c2)COc2nc(NC4(C)CC5CC(F)(F)C(C4)N5)ccc2-3)cnn1.[HH]. The minimum Gasteiger partial charge on any atom is -0.480 e. The van der Waals surface area contributed by atoms with E-state index < -0.39 is 17.5 Å². The van der Waals surface area contributed by atoms with Gasteiger partial charge in [0.25, 0.3) is 5.92 Å². The highest BCUT2D eigenvalue weighted by Gasteiger charge is 2.55. The normalized spacial score (nSPS) is 26.2. The lowest BCUT2D eigenvalue weighted by Crippen LogP contribution is -2.53. The number of halogens is 2. The molecule has 0 radical (unpaired) electrons. The van der Waals surface area contributed by atoms with Crippen molar-refractivity contribution in [3.05, 3.63) is 48.2 Å². The lowest BCUT2D eigenvalue weighted by molar-refractivity contribution is -0.0148. The molecule has 3 aromatic rings. The second kappa shape index (κ2) is 7.59. The van der Waals surface area contributed by atoms with Gasteiger partial charge in [-0.05, 0) is 54.7 Å². The van der Waals surface area contributed by atoms with Gasteiger partial charge in [0.2, 0.25) is 11.8 Å². The van der Waals surface area contributed by atoms with E-state index in [4.69, 9.17) is 9.47 Å². The minimum atomic E-state index is -2.66. The fourth-order valence-electron chi connectivity index (χ4n) is 5.50. The summed E-state index contributed by atoms with van der Waals surface area (Å²) >= 11 is 0. The summed E-state index contributed by atoms with van der Waals surface area (Å²) in [5.41, 5.74) is 4.47. The standard InChI is InChI=1S/C25H25F2N5O2.H2/c1-24(9-17-10-25(26,27)20(11-24)29-17)31-21-6-5-19-18-4-3-14(7-16(18)13-34-23(19)30-21)15-8-22(33-2)32-28-12-15;/h3-8,12,17,20,29H,9-11,13H2,1-2H3,(H,30,31);1H. The zero-order valence-corrected chi connectivity index (χ0v) is 18.9. The van der Waals surface area contributed by atoms with Crippen LogP contribution >= 0.6 is 0 Å². The summed E-state index contributed by atoms with van der Waals surface area (Å²) in [6.45, 7) is 2.39. The highest BCUT2D eigenvalue weighted by molar-refractivity contribution is 5.78. The zero-order valence-electron chi connectivity index (χ0n) is 18.9. The van der Waals surface area contributed by atoms with Crippen LogP contribution in [0.2, 0.25) is 0 Å². The van der Waals surface area contributed by atoms with Crippen LogP contribution in [0.15, 0.2) is 42.6 Å². The molecule has 3 aliphatic rings. The van der Waals surface area contributed by atoms with Gasteiger partial charge in [-0.3, -0.25) is 0 Å². The smallest absolute Gasteiger partial charge is 0.264 e. The number of benzene rings is 1. The number of rotatable bonds is 4. The Labute approximate surface area is 197 Å². The zero-order chi connectivity index (χ0) is 23.5. The Morgan fingerprint density at radius 3 is 2.79 bits per heavy atom. The molecular formula is C25H27F2N5O2. The molecule has 0 saturated carbocycles. The van der Waals surface area contributed by atoms with Crippen molar-refractivity contribution in [2.75, 3.05) is 12.4 Å². The Balaban J connectivity index is 0.00000253. The van der Waals surface area contributed by atoms with Crippen molar-refractivity contribution in [2.45, 2.75) is 56.3 Å². The summed E-state index contributed by atoms with van der Waals surface area (Å²) in [6, 6.07) is 10.9. The van der Waals surface area contributed by atoms with Gasteiger partial charge in [0.1, 0.15) is 12.4 Å². The average Bonchev–Trinajstić information content (AvgIpc) is 3.04. The van der Waals surface area contributed by atoms with E-state index in [-0.39, 0.29) is 13.9 Å². The molecule has 178 valence electrons. The summed E-state index contributed by atoms with van der Waals surface area (Å²) < 4.78 is 39.5. The number of pyridine rings is 1. The average molecular weight is 468 g/mol. The summed E-state index contributed by atoms with van der Waals surface area (Å²) in [7, 11) is 1.56. The molecule has 0 spiro atoms. The maximum Gasteiger partial charge on any atom is 0.264 e. The maximum atomic E-state index is 14.2. The summed E-state index contributed by atoms with van der Waals surface area (Å²) in [5, 5.41) is 14.4. The van der Waals surface area contributed by atoms with Gasteiger partial charge in [0.05, 0.1) is 19.3 Å². The third-order valence-corrected chi connectivity index (χ3v) is 7.04. The van der Waals surface area contributed by atoms with Crippen molar-refractivity contribution in [3.63, 3.8) is 0 Å². The number of hydrogen-bond donors (Lipinski definition) is 2. The van der Waals surface area contributed by atoms with Gasteiger partial charge in [0.15, 0.2) is 0 Å². The predicted molar refractivity (Wildman–Crippen MR) is 125 cm³/mol. The van der Waals surface area contributed by atoms with Crippen molar-refractivity contribution in [3.8, 4) is 34.0 Å². The maximum absolute atomic E-state index is 14.2. The molecule has 2 bridgehead atoms. The molecule has 3 unspecified atom stereocenters. The molecule has 0 amide bonds. The fourth-order valence-corrected chi connectivity index (χ4v) is 5.50. The Hall–Kier alpha value is -3.33. The largest absolute Gasteiger partial charge is 0.480 e. The van der Waals surface area contributed by atoms with Gasteiger partial charge in [-0.1, -0.05) is 12.1 Å². The molecule has 3 atom stereocenters. The number of nitrogens with zero attached hydrogens (tertiary/aromatic N) is 3. The van der Waals surface area contributed by atoms with Crippen molar-refractivity contribution in [1.82, 2.24) is 20.5 Å². The molecule has 3 aliphatic heterocycles. The van der Waals surface area contributed by atoms with Crippen LogP contribution in [0.4, 0.5) is 14.6 Å². The molecule has 9 heteroatoms. The number of hydrogen-bond acceptors (Lipinski definition) is 7. The van der Waals surface area contributed by atoms with Crippen LogP contribution in [0.25, 0.3) is 22.3 Å². The van der Waals surface area contributed by atoms with Crippen LogP contribution in [0.5, 0.6) is 11.8 Å². The monoisotopic (exact) mass is 467 g/mol. The van der Waals surface area contributed by atoms with E-state index in [1.165, 1.54) is 0 Å². The van der Waals surface area contributed by atoms with Crippen LogP contribution in [0, 0.1) is 0 Å². The van der Waals surface area contributed by atoms with E-state index in [1.807, 2.05) is 31.2 Å². The molecular weight excluding hydrogens is 440 g/mol. The molecule has 0 aliphatic carbocycles. The summed E-state index contributed by atoms with van der Waals surface area (Å²) in [4.78, 5) is 4.69. The number of fused-ring (bicyclic) bond motifs is 5. The summed E-state index contributed by atoms with van der Waals surface area (Å²) in [6.07, 6.45) is 2.57. The Kier molecular flexibility index (Phi) is 4.74. The second-order valence-electron chi connectivity index (χ2n) is 9.67. The van der Waals surface area contributed by atoms with Gasteiger partial charge >= 0.3 is 0 Å². The van der Waals surface area contributed by atoms with Crippen molar-refractivity contribution >= 4 is 5.82 Å². The van der Waals surface area contributed by atoms with E-state index >= 15 is 0 Å². The Morgan fingerprint density at radius 1 is 1.12 bits per heavy atom. The first kappa shape index (κ1) is 21.2. The van der Waals surface area contributed by atoms with Gasteiger partial charge in [-0.25, -0.2) is 8.78 Å². The van der Waals surface area contributed by atoms with Crippen molar-refractivity contribution < 1.29 is 19.7 Å². The number of ether oxygens (including phenoxy) is 2. The first-order valence-corrected chi connectivity index (χ1v) is 11.4. The molecule has 2 aromatic heterocycles. The van der Waals surface area contributed by atoms with Crippen molar-refractivity contribution in [1.29, 1.82) is 0 Å². The molecule has 1 aromatic carbocycles.